The SMILES string of the molecule is COc1cc(N(Cc2ccccc2)Cc2ccccc2)ccc1[C@@H](C)CC=O. The number of aldehydes is 1. The number of rotatable bonds is 9. The van der Waals surface area contributed by atoms with E-state index in [2.05, 4.69) is 78.6 Å². The first-order valence-electron chi connectivity index (χ1n) is 9.65. The molecule has 0 spiro atoms. The lowest BCUT2D eigenvalue weighted by Gasteiger charge is -2.27. The largest absolute Gasteiger partial charge is 0.496 e. The molecule has 0 aromatic heterocycles. The van der Waals surface area contributed by atoms with Gasteiger partial charge in [-0.15, -0.1) is 0 Å². The van der Waals surface area contributed by atoms with Gasteiger partial charge in [0.1, 0.15) is 12.0 Å². The summed E-state index contributed by atoms with van der Waals surface area (Å²) in [6.45, 7) is 3.67. The number of carbonyl (C=O) groups is 1. The third-order valence-electron chi connectivity index (χ3n) is 5.00. The predicted octanol–water partition coefficient (Wildman–Crippen LogP) is 5.59. The maximum absolute atomic E-state index is 10.9. The smallest absolute Gasteiger partial charge is 0.124 e. The average molecular weight is 373 g/mol. The van der Waals surface area contributed by atoms with Crippen LogP contribution in [0.5, 0.6) is 5.75 Å². The first-order chi connectivity index (χ1) is 13.7. The fraction of sp³-hybridized carbons (Fsp3) is 0.240. The van der Waals surface area contributed by atoms with E-state index < -0.39 is 0 Å². The van der Waals surface area contributed by atoms with E-state index in [1.807, 2.05) is 12.1 Å². The van der Waals surface area contributed by atoms with Gasteiger partial charge in [-0.1, -0.05) is 73.7 Å². The fourth-order valence-corrected chi connectivity index (χ4v) is 3.42. The van der Waals surface area contributed by atoms with Gasteiger partial charge < -0.3 is 14.4 Å². The van der Waals surface area contributed by atoms with Crippen molar-refractivity contribution in [2.75, 3.05) is 12.0 Å². The summed E-state index contributed by atoms with van der Waals surface area (Å²) >= 11 is 0. The molecule has 0 bridgehead atoms. The molecule has 0 saturated carbocycles. The number of hydrogen-bond acceptors (Lipinski definition) is 3. The Labute approximate surface area is 167 Å². The van der Waals surface area contributed by atoms with Gasteiger partial charge in [0.2, 0.25) is 0 Å². The lowest BCUT2D eigenvalue weighted by molar-refractivity contribution is -0.108. The number of hydrogen-bond donors (Lipinski definition) is 0. The monoisotopic (exact) mass is 373 g/mol. The van der Waals surface area contributed by atoms with E-state index in [1.165, 1.54) is 11.1 Å². The topological polar surface area (TPSA) is 29.5 Å². The third-order valence-corrected chi connectivity index (χ3v) is 5.00. The maximum Gasteiger partial charge on any atom is 0.124 e. The van der Waals surface area contributed by atoms with Crippen molar-refractivity contribution in [2.24, 2.45) is 0 Å². The number of benzene rings is 3. The van der Waals surface area contributed by atoms with Gasteiger partial charge in [-0.2, -0.15) is 0 Å². The molecular weight excluding hydrogens is 346 g/mol. The molecule has 0 radical (unpaired) electrons. The molecule has 3 nitrogen and oxygen atoms in total. The second-order valence-electron chi connectivity index (χ2n) is 7.06. The van der Waals surface area contributed by atoms with Crippen LogP contribution >= 0.6 is 0 Å². The summed E-state index contributed by atoms with van der Waals surface area (Å²) in [5.41, 5.74) is 4.69. The second kappa shape index (κ2) is 9.75. The Hall–Kier alpha value is -3.07. The molecule has 3 aromatic carbocycles. The molecule has 0 unspecified atom stereocenters. The Bertz CT molecular complexity index is 836. The minimum absolute atomic E-state index is 0.137. The number of methoxy groups -OCH3 is 1. The Morgan fingerprint density at radius 1 is 0.893 bits per heavy atom. The van der Waals surface area contributed by atoms with Crippen LogP contribution in [0.1, 0.15) is 36.0 Å². The molecule has 0 fully saturated rings. The second-order valence-corrected chi connectivity index (χ2v) is 7.06. The van der Waals surface area contributed by atoms with Crippen molar-refractivity contribution in [3.05, 3.63) is 95.6 Å². The summed E-state index contributed by atoms with van der Waals surface area (Å²) in [5, 5.41) is 0. The summed E-state index contributed by atoms with van der Waals surface area (Å²) in [6.07, 6.45) is 1.46. The number of anilines is 1. The van der Waals surface area contributed by atoms with Crippen LogP contribution in [-0.2, 0) is 17.9 Å². The van der Waals surface area contributed by atoms with E-state index in [0.717, 1.165) is 36.4 Å². The van der Waals surface area contributed by atoms with Crippen LogP contribution in [0, 0.1) is 0 Å². The van der Waals surface area contributed by atoms with Gasteiger partial charge in [0.15, 0.2) is 0 Å². The van der Waals surface area contributed by atoms with Crippen LogP contribution in [0.2, 0.25) is 0 Å². The molecule has 3 rings (SSSR count). The molecule has 0 aliphatic heterocycles. The van der Waals surface area contributed by atoms with Gasteiger partial charge in [-0.05, 0) is 28.7 Å². The van der Waals surface area contributed by atoms with Crippen molar-refractivity contribution in [1.29, 1.82) is 0 Å². The minimum Gasteiger partial charge on any atom is -0.496 e. The van der Waals surface area contributed by atoms with Crippen LogP contribution in [0.3, 0.4) is 0 Å². The molecule has 0 aliphatic rings. The number of nitrogens with zero attached hydrogens (tertiary/aromatic N) is 1. The molecule has 1 atom stereocenters. The third kappa shape index (κ3) is 5.01. The van der Waals surface area contributed by atoms with E-state index in [0.29, 0.717) is 6.42 Å². The highest BCUT2D eigenvalue weighted by molar-refractivity contribution is 5.57. The van der Waals surface area contributed by atoms with Gasteiger partial charge in [-0.3, -0.25) is 0 Å². The van der Waals surface area contributed by atoms with E-state index in [-0.39, 0.29) is 5.92 Å². The van der Waals surface area contributed by atoms with Gasteiger partial charge >= 0.3 is 0 Å². The summed E-state index contributed by atoms with van der Waals surface area (Å²) < 4.78 is 5.66. The lowest BCUT2D eigenvalue weighted by atomic mass is 9.97. The zero-order chi connectivity index (χ0) is 19.8. The average Bonchev–Trinajstić information content (AvgIpc) is 2.74. The van der Waals surface area contributed by atoms with Crippen molar-refractivity contribution >= 4 is 12.0 Å². The molecule has 28 heavy (non-hydrogen) atoms. The van der Waals surface area contributed by atoms with Crippen molar-refractivity contribution in [2.45, 2.75) is 32.4 Å². The molecule has 0 heterocycles. The van der Waals surface area contributed by atoms with Crippen molar-refractivity contribution in [1.82, 2.24) is 0 Å². The first kappa shape index (κ1) is 19.7. The number of ether oxygens (including phenoxy) is 1. The van der Waals surface area contributed by atoms with Gasteiger partial charge in [0.25, 0.3) is 0 Å². The van der Waals surface area contributed by atoms with E-state index >= 15 is 0 Å². The standard InChI is InChI=1S/C25H27NO2/c1-20(15-16-27)24-14-13-23(17-25(24)28-2)26(18-21-9-5-3-6-10-21)19-22-11-7-4-8-12-22/h3-14,16-17,20H,15,18-19H2,1-2H3/t20-/m0/s1. The highest BCUT2D eigenvalue weighted by Gasteiger charge is 2.15. The normalized spacial score (nSPS) is 11.6. The molecular formula is C25H27NO2. The van der Waals surface area contributed by atoms with Crippen molar-refractivity contribution in [3.63, 3.8) is 0 Å². The van der Waals surface area contributed by atoms with Crippen LogP contribution in [0.4, 0.5) is 5.69 Å². The predicted molar refractivity (Wildman–Crippen MR) is 115 cm³/mol. The van der Waals surface area contributed by atoms with Crippen molar-refractivity contribution in [3.8, 4) is 5.75 Å². The molecule has 0 saturated heterocycles. The summed E-state index contributed by atoms with van der Waals surface area (Å²) in [4.78, 5) is 13.3. The molecule has 3 aromatic rings. The van der Waals surface area contributed by atoms with Gasteiger partial charge in [-0.25, -0.2) is 0 Å². The number of carbonyl (C=O) groups excluding carboxylic acids is 1. The molecule has 0 aliphatic carbocycles. The summed E-state index contributed by atoms with van der Waals surface area (Å²) in [6, 6.07) is 27.3. The van der Waals surface area contributed by atoms with Crippen molar-refractivity contribution < 1.29 is 9.53 Å². The Kier molecular flexibility index (Phi) is 6.85. The van der Waals surface area contributed by atoms with Crippen LogP contribution in [0.25, 0.3) is 0 Å². The van der Waals surface area contributed by atoms with Crippen LogP contribution in [0.15, 0.2) is 78.9 Å². The van der Waals surface area contributed by atoms with Gasteiger partial charge in [0, 0.05) is 31.3 Å². The first-order valence-corrected chi connectivity index (χ1v) is 9.65. The van der Waals surface area contributed by atoms with E-state index in [1.54, 1.807) is 7.11 Å². The van der Waals surface area contributed by atoms with Crippen LogP contribution < -0.4 is 9.64 Å². The highest BCUT2D eigenvalue weighted by Crippen LogP contribution is 2.33. The summed E-state index contributed by atoms with van der Waals surface area (Å²) in [7, 11) is 1.69. The van der Waals surface area contributed by atoms with E-state index in [9.17, 15) is 4.79 Å². The van der Waals surface area contributed by atoms with E-state index in [4.69, 9.17) is 4.74 Å². The molecule has 0 N–H and O–H groups in total. The molecule has 3 heteroatoms. The van der Waals surface area contributed by atoms with Gasteiger partial charge in [0.05, 0.1) is 7.11 Å². The quantitative estimate of drug-likeness (QED) is 0.458. The Morgan fingerprint density at radius 3 is 1.96 bits per heavy atom. The fourth-order valence-electron chi connectivity index (χ4n) is 3.42. The highest BCUT2D eigenvalue weighted by atomic mass is 16.5. The minimum atomic E-state index is 0.137. The Balaban J connectivity index is 1.93. The zero-order valence-electron chi connectivity index (χ0n) is 16.5. The molecule has 0 amide bonds. The maximum atomic E-state index is 10.9. The Morgan fingerprint density at radius 2 is 1.46 bits per heavy atom. The van der Waals surface area contributed by atoms with Crippen LogP contribution in [-0.4, -0.2) is 13.4 Å². The molecule has 144 valence electrons. The summed E-state index contributed by atoms with van der Waals surface area (Å²) in [5.74, 6) is 0.969. The zero-order valence-corrected chi connectivity index (χ0v) is 16.5. The lowest BCUT2D eigenvalue weighted by Crippen LogP contribution is -2.22.